The molecule has 0 fully saturated rings. The van der Waals surface area contributed by atoms with Crippen molar-refractivity contribution in [2.24, 2.45) is 11.7 Å². The highest BCUT2D eigenvalue weighted by molar-refractivity contribution is 5.78. The molecule has 0 aliphatic heterocycles. The van der Waals surface area contributed by atoms with E-state index in [0.29, 0.717) is 13.2 Å². The van der Waals surface area contributed by atoms with E-state index in [1.807, 2.05) is 27.7 Å². The van der Waals surface area contributed by atoms with Crippen molar-refractivity contribution in [1.82, 2.24) is 5.32 Å². The second kappa shape index (κ2) is 6.79. The van der Waals surface area contributed by atoms with Crippen LogP contribution in [-0.4, -0.2) is 31.2 Å². The Kier molecular flexibility index (Phi) is 6.49. The molecule has 0 rings (SSSR count). The molecule has 0 spiro atoms. The molecule has 4 heteroatoms. The third-order valence-corrected chi connectivity index (χ3v) is 2.22. The smallest absolute Gasteiger partial charge is 0.224 e. The van der Waals surface area contributed by atoms with Crippen LogP contribution in [0.4, 0.5) is 0 Å². The fourth-order valence-electron chi connectivity index (χ4n) is 0.988. The van der Waals surface area contributed by atoms with E-state index >= 15 is 0 Å². The van der Waals surface area contributed by atoms with Gasteiger partial charge in [0.05, 0.1) is 6.10 Å². The van der Waals surface area contributed by atoms with E-state index in [-0.39, 0.29) is 24.0 Å². The minimum atomic E-state index is -0.149. The van der Waals surface area contributed by atoms with Crippen molar-refractivity contribution < 1.29 is 9.53 Å². The number of amides is 1. The van der Waals surface area contributed by atoms with Crippen LogP contribution in [0.2, 0.25) is 0 Å². The highest BCUT2D eigenvalue weighted by Gasteiger charge is 2.16. The summed E-state index contributed by atoms with van der Waals surface area (Å²) in [6.07, 6.45) is 0.0595. The van der Waals surface area contributed by atoms with E-state index in [0.717, 1.165) is 0 Å². The molecule has 0 aromatic carbocycles. The van der Waals surface area contributed by atoms with E-state index in [2.05, 4.69) is 5.32 Å². The zero-order chi connectivity index (χ0) is 11.1. The van der Waals surface area contributed by atoms with Gasteiger partial charge in [-0.15, -0.1) is 0 Å². The lowest BCUT2D eigenvalue weighted by molar-refractivity contribution is -0.125. The number of carbonyl (C=O) groups is 1. The first-order valence-corrected chi connectivity index (χ1v) is 5.13. The Hall–Kier alpha value is -0.610. The molecular formula is C10H22N2O2. The lowest BCUT2D eigenvalue weighted by atomic mass is 10.0. The third-order valence-electron chi connectivity index (χ3n) is 2.22. The predicted molar refractivity (Wildman–Crippen MR) is 56.9 cm³/mol. The summed E-state index contributed by atoms with van der Waals surface area (Å²) in [6, 6.07) is -0.114. The van der Waals surface area contributed by atoms with Crippen molar-refractivity contribution in [2.45, 2.75) is 39.8 Å². The van der Waals surface area contributed by atoms with E-state index in [4.69, 9.17) is 10.5 Å². The molecule has 0 saturated heterocycles. The minimum absolute atomic E-state index is 0.00782. The Morgan fingerprint density at radius 2 is 2.00 bits per heavy atom. The molecule has 0 aliphatic rings. The number of ether oxygens (including phenoxy) is 1. The van der Waals surface area contributed by atoms with Gasteiger partial charge >= 0.3 is 0 Å². The summed E-state index contributed by atoms with van der Waals surface area (Å²) >= 11 is 0. The number of hydrogen-bond acceptors (Lipinski definition) is 3. The van der Waals surface area contributed by atoms with Gasteiger partial charge in [-0.05, 0) is 20.8 Å². The lowest BCUT2D eigenvalue weighted by Gasteiger charge is -2.17. The second-order valence-electron chi connectivity index (χ2n) is 3.66. The summed E-state index contributed by atoms with van der Waals surface area (Å²) in [6.45, 7) is 8.73. The van der Waals surface area contributed by atoms with Gasteiger partial charge in [0, 0.05) is 25.1 Å². The standard InChI is InChI=1S/C10H22N2O2/c1-5-14-7(2)6-12-10(13)8(3)9(4)11/h7-9H,5-6,11H2,1-4H3,(H,12,13). The van der Waals surface area contributed by atoms with Crippen LogP contribution in [-0.2, 0) is 9.53 Å². The molecule has 0 aromatic heterocycles. The SMILES string of the molecule is CCOC(C)CNC(=O)C(C)C(C)N. The Morgan fingerprint density at radius 3 is 2.43 bits per heavy atom. The highest BCUT2D eigenvalue weighted by atomic mass is 16.5. The van der Waals surface area contributed by atoms with Gasteiger partial charge in [0.2, 0.25) is 5.91 Å². The Morgan fingerprint density at radius 1 is 1.43 bits per heavy atom. The molecule has 0 aliphatic carbocycles. The second-order valence-corrected chi connectivity index (χ2v) is 3.66. The van der Waals surface area contributed by atoms with Crippen LogP contribution in [0.15, 0.2) is 0 Å². The molecule has 4 nitrogen and oxygen atoms in total. The zero-order valence-corrected chi connectivity index (χ0v) is 9.54. The van der Waals surface area contributed by atoms with Crippen LogP contribution in [0.3, 0.4) is 0 Å². The fraction of sp³-hybridized carbons (Fsp3) is 0.900. The van der Waals surface area contributed by atoms with Crippen LogP contribution in [0.1, 0.15) is 27.7 Å². The van der Waals surface area contributed by atoms with Gasteiger partial charge in [0.25, 0.3) is 0 Å². The van der Waals surface area contributed by atoms with Gasteiger partial charge in [-0.25, -0.2) is 0 Å². The molecular weight excluding hydrogens is 180 g/mol. The normalized spacial score (nSPS) is 17.2. The number of hydrogen-bond donors (Lipinski definition) is 2. The minimum Gasteiger partial charge on any atom is -0.377 e. The largest absolute Gasteiger partial charge is 0.377 e. The molecule has 3 atom stereocenters. The molecule has 0 bridgehead atoms. The quantitative estimate of drug-likeness (QED) is 0.659. The molecule has 0 aromatic rings. The van der Waals surface area contributed by atoms with Crippen molar-refractivity contribution in [2.75, 3.05) is 13.2 Å². The van der Waals surface area contributed by atoms with E-state index < -0.39 is 0 Å². The predicted octanol–water partition coefficient (Wildman–Crippen LogP) is 0.511. The van der Waals surface area contributed by atoms with Crippen LogP contribution < -0.4 is 11.1 Å². The summed E-state index contributed by atoms with van der Waals surface area (Å²) in [5.41, 5.74) is 5.61. The van der Waals surface area contributed by atoms with E-state index in [9.17, 15) is 4.79 Å². The number of carbonyl (C=O) groups excluding carboxylic acids is 1. The van der Waals surface area contributed by atoms with Crippen molar-refractivity contribution in [3.05, 3.63) is 0 Å². The van der Waals surface area contributed by atoms with Gasteiger partial charge < -0.3 is 15.8 Å². The van der Waals surface area contributed by atoms with Crippen LogP contribution in [0, 0.1) is 5.92 Å². The average molecular weight is 202 g/mol. The monoisotopic (exact) mass is 202 g/mol. The molecule has 3 N–H and O–H groups in total. The molecule has 14 heavy (non-hydrogen) atoms. The van der Waals surface area contributed by atoms with Gasteiger partial charge in [0.1, 0.15) is 0 Å². The van der Waals surface area contributed by atoms with Crippen molar-refractivity contribution in [3.63, 3.8) is 0 Å². The average Bonchev–Trinajstić information content (AvgIpc) is 2.13. The Balaban J connectivity index is 3.73. The van der Waals surface area contributed by atoms with Gasteiger partial charge in [0.15, 0.2) is 0 Å². The van der Waals surface area contributed by atoms with E-state index in [1.165, 1.54) is 0 Å². The van der Waals surface area contributed by atoms with Crippen LogP contribution >= 0.6 is 0 Å². The van der Waals surface area contributed by atoms with Crippen molar-refractivity contribution >= 4 is 5.91 Å². The van der Waals surface area contributed by atoms with Crippen molar-refractivity contribution in [3.8, 4) is 0 Å². The first-order valence-electron chi connectivity index (χ1n) is 5.13. The number of nitrogens with two attached hydrogens (primary N) is 1. The molecule has 3 unspecified atom stereocenters. The summed E-state index contributed by atoms with van der Waals surface area (Å²) in [5, 5.41) is 2.80. The maximum Gasteiger partial charge on any atom is 0.224 e. The number of rotatable bonds is 6. The molecule has 1 amide bonds. The highest BCUT2D eigenvalue weighted by Crippen LogP contribution is 1.99. The summed E-state index contributed by atoms with van der Waals surface area (Å²) < 4.78 is 5.29. The van der Waals surface area contributed by atoms with Crippen LogP contribution in [0.25, 0.3) is 0 Å². The maximum atomic E-state index is 11.4. The van der Waals surface area contributed by atoms with Gasteiger partial charge in [-0.2, -0.15) is 0 Å². The Bertz CT molecular complexity index is 172. The van der Waals surface area contributed by atoms with Gasteiger partial charge in [-0.1, -0.05) is 6.92 Å². The maximum absolute atomic E-state index is 11.4. The summed E-state index contributed by atoms with van der Waals surface area (Å²) in [7, 11) is 0. The van der Waals surface area contributed by atoms with Crippen LogP contribution in [0.5, 0.6) is 0 Å². The van der Waals surface area contributed by atoms with Crippen molar-refractivity contribution in [1.29, 1.82) is 0 Å². The summed E-state index contributed by atoms with van der Waals surface area (Å²) in [4.78, 5) is 11.4. The molecule has 0 saturated carbocycles. The molecule has 0 radical (unpaired) electrons. The molecule has 84 valence electrons. The first kappa shape index (κ1) is 13.4. The molecule has 0 heterocycles. The Labute approximate surface area is 86.2 Å². The zero-order valence-electron chi connectivity index (χ0n) is 9.54. The number of nitrogens with one attached hydrogen (secondary N) is 1. The topological polar surface area (TPSA) is 64.3 Å². The first-order chi connectivity index (χ1) is 6.49. The lowest BCUT2D eigenvalue weighted by Crippen LogP contribution is -2.41. The summed E-state index contributed by atoms with van der Waals surface area (Å²) in [5.74, 6) is -0.157. The van der Waals surface area contributed by atoms with E-state index in [1.54, 1.807) is 0 Å². The third kappa shape index (κ3) is 5.19. The van der Waals surface area contributed by atoms with Gasteiger partial charge in [-0.3, -0.25) is 4.79 Å². The fourth-order valence-corrected chi connectivity index (χ4v) is 0.988.